The fourth-order valence-corrected chi connectivity index (χ4v) is 3.83. The minimum absolute atomic E-state index is 0.0611. The Morgan fingerprint density at radius 1 is 1.39 bits per heavy atom. The Balaban J connectivity index is 1.92. The number of thiophene rings is 1. The Morgan fingerprint density at radius 3 is 2.67 bits per heavy atom. The summed E-state index contributed by atoms with van der Waals surface area (Å²) in [5.41, 5.74) is 7.41. The third kappa shape index (κ3) is 3.56. The normalized spacial score (nSPS) is 20.8. The summed E-state index contributed by atoms with van der Waals surface area (Å²) in [5.74, 6) is 0.750. The van der Waals surface area contributed by atoms with Crippen LogP contribution in [0.1, 0.15) is 55.6 Å². The highest BCUT2D eigenvalue weighted by molar-refractivity contribution is 7.10. The van der Waals surface area contributed by atoms with E-state index >= 15 is 0 Å². The fourth-order valence-electron chi connectivity index (χ4n) is 2.74. The second-order valence-corrected chi connectivity index (χ2v) is 6.53. The lowest BCUT2D eigenvalue weighted by atomic mass is 9.90. The molecule has 2 rings (SSSR count). The van der Waals surface area contributed by atoms with E-state index in [1.807, 2.05) is 6.92 Å². The molecule has 0 aromatic carbocycles. The molecule has 2 N–H and O–H groups in total. The average molecular weight is 267 g/mol. The van der Waals surface area contributed by atoms with Gasteiger partial charge in [0.15, 0.2) is 0 Å². The summed E-state index contributed by atoms with van der Waals surface area (Å²) in [6.45, 7) is 5.07. The predicted molar refractivity (Wildman–Crippen MR) is 78.0 cm³/mol. The van der Waals surface area contributed by atoms with E-state index in [1.165, 1.54) is 42.5 Å². The molecule has 1 saturated carbocycles. The maximum atomic E-state index is 6.15. The van der Waals surface area contributed by atoms with Crippen LogP contribution >= 0.6 is 11.3 Å². The highest BCUT2D eigenvalue weighted by Crippen LogP contribution is 2.31. The van der Waals surface area contributed by atoms with Gasteiger partial charge in [-0.1, -0.05) is 19.3 Å². The van der Waals surface area contributed by atoms with Crippen molar-refractivity contribution in [1.82, 2.24) is 0 Å². The van der Waals surface area contributed by atoms with E-state index in [-0.39, 0.29) is 12.1 Å². The maximum absolute atomic E-state index is 6.15. The van der Waals surface area contributed by atoms with Gasteiger partial charge in [0, 0.05) is 10.9 Å². The Bertz CT molecular complexity index is 355. The van der Waals surface area contributed by atoms with Crippen molar-refractivity contribution in [2.45, 2.75) is 58.1 Å². The first-order chi connectivity index (χ1) is 8.68. The second kappa shape index (κ2) is 6.69. The molecule has 0 amide bonds. The molecule has 0 saturated heterocycles. The Morgan fingerprint density at radius 2 is 2.11 bits per heavy atom. The van der Waals surface area contributed by atoms with E-state index in [9.17, 15) is 0 Å². The summed E-state index contributed by atoms with van der Waals surface area (Å²) < 4.78 is 6.15. The van der Waals surface area contributed by atoms with Crippen LogP contribution < -0.4 is 5.73 Å². The van der Waals surface area contributed by atoms with Crippen molar-refractivity contribution in [2.75, 3.05) is 6.61 Å². The monoisotopic (exact) mass is 267 g/mol. The molecule has 102 valence electrons. The minimum Gasteiger partial charge on any atom is -0.371 e. The average Bonchev–Trinajstić information content (AvgIpc) is 2.77. The maximum Gasteiger partial charge on any atom is 0.107 e. The van der Waals surface area contributed by atoms with Crippen molar-refractivity contribution < 1.29 is 4.74 Å². The van der Waals surface area contributed by atoms with E-state index in [1.54, 1.807) is 11.3 Å². The molecule has 0 aliphatic heterocycles. The van der Waals surface area contributed by atoms with Gasteiger partial charge in [0.05, 0.1) is 6.61 Å². The van der Waals surface area contributed by atoms with Gasteiger partial charge in [-0.25, -0.2) is 0 Å². The summed E-state index contributed by atoms with van der Waals surface area (Å²) in [5, 5.41) is 2.13. The van der Waals surface area contributed by atoms with Crippen LogP contribution in [-0.2, 0) is 4.74 Å². The van der Waals surface area contributed by atoms with Gasteiger partial charge in [-0.2, -0.15) is 0 Å². The standard InChI is InChI=1S/C15H25NOS/c1-11-8-9-18-15(11)14(12(2)16)17-10-13-6-4-3-5-7-13/h8-9,12-14H,3-7,10,16H2,1-2H3. The molecular weight excluding hydrogens is 242 g/mol. The molecular formula is C15H25NOS. The van der Waals surface area contributed by atoms with Gasteiger partial charge in [0.2, 0.25) is 0 Å². The van der Waals surface area contributed by atoms with Gasteiger partial charge in [-0.05, 0) is 49.6 Å². The lowest BCUT2D eigenvalue weighted by Crippen LogP contribution is -2.28. The minimum atomic E-state index is 0.0611. The van der Waals surface area contributed by atoms with E-state index in [2.05, 4.69) is 18.4 Å². The van der Waals surface area contributed by atoms with E-state index in [0.29, 0.717) is 0 Å². The molecule has 2 nitrogen and oxygen atoms in total. The molecule has 18 heavy (non-hydrogen) atoms. The van der Waals surface area contributed by atoms with Crippen LogP contribution in [0.5, 0.6) is 0 Å². The molecule has 1 fully saturated rings. The molecule has 2 unspecified atom stereocenters. The first-order valence-electron chi connectivity index (χ1n) is 7.09. The third-order valence-corrected chi connectivity index (χ3v) is 4.95. The first kappa shape index (κ1) is 14.0. The molecule has 3 heteroatoms. The molecule has 1 aromatic rings. The van der Waals surface area contributed by atoms with Crippen molar-refractivity contribution in [3.05, 3.63) is 21.9 Å². The Labute approximate surface area is 115 Å². The summed E-state index contributed by atoms with van der Waals surface area (Å²) in [4.78, 5) is 1.31. The van der Waals surface area contributed by atoms with Crippen LogP contribution in [0, 0.1) is 12.8 Å². The molecule has 0 bridgehead atoms. The molecule has 0 radical (unpaired) electrons. The van der Waals surface area contributed by atoms with Crippen LogP contribution in [0.4, 0.5) is 0 Å². The van der Waals surface area contributed by atoms with E-state index in [0.717, 1.165) is 12.5 Å². The van der Waals surface area contributed by atoms with Crippen LogP contribution in [0.25, 0.3) is 0 Å². The quantitative estimate of drug-likeness (QED) is 0.873. The SMILES string of the molecule is Cc1ccsc1C(OCC1CCCCC1)C(C)N. The zero-order valence-corrected chi connectivity index (χ0v) is 12.3. The first-order valence-corrected chi connectivity index (χ1v) is 7.97. The molecule has 1 aliphatic rings. The number of aryl methyl sites for hydroxylation is 1. The van der Waals surface area contributed by atoms with Gasteiger partial charge in [-0.3, -0.25) is 0 Å². The van der Waals surface area contributed by atoms with E-state index < -0.39 is 0 Å². The second-order valence-electron chi connectivity index (χ2n) is 5.58. The predicted octanol–water partition coefficient (Wildman–Crippen LogP) is 4.04. The number of nitrogens with two attached hydrogens (primary N) is 1. The van der Waals surface area contributed by atoms with Gasteiger partial charge in [0.1, 0.15) is 6.10 Å². The molecule has 1 aromatic heterocycles. The van der Waals surface area contributed by atoms with Crippen LogP contribution in [0.2, 0.25) is 0 Å². The topological polar surface area (TPSA) is 35.2 Å². The lowest BCUT2D eigenvalue weighted by Gasteiger charge is -2.26. The van der Waals surface area contributed by atoms with Crippen LogP contribution in [0.15, 0.2) is 11.4 Å². The molecule has 1 aliphatic carbocycles. The summed E-state index contributed by atoms with van der Waals surface area (Å²) >= 11 is 1.77. The molecule has 1 heterocycles. The highest BCUT2D eigenvalue weighted by atomic mass is 32.1. The van der Waals surface area contributed by atoms with Crippen molar-refractivity contribution in [3.63, 3.8) is 0 Å². The van der Waals surface area contributed by atoms with Gasteiger partial charge in [0.25, 0.3) is 0 Å². The highest BCUT2D eigenvalue weighted by Gasteiger charge is 2.22. The van der Waals surface area contributed by atoms with Crippen LogP contribution in [-0.4, -0.2) is 12.6 Å². The zero-order valence-electron chi connectivity index (χ0n) is 11.5. The van der Waals surface area contributed by atoms with Gasteiger partial charge in [-0.15, -0.1) is 11.3 Å². The zero-order chi connectivity index (χ0) is 13.0. The van der Waals surface area contributed by atoms with Gasteiger partial charge >= 0.3 is 0 Å². The van der Waals surface area contributed by atoms with Crippen molar-refractivity contribution in [1.29, 1.82) is 0 Å². The smallest absolute Gasteiger partial charge is 0.107 e. The summed E-state index contributed by atoms with van der Waals surface area (Å²) in [7, 11) is 0. The van der Waals surface area contributed by atoms with Crippen LogP contribution in [0.3, 0.4) is 0 Å². The molecule has 2 atom stereocenters. The van der Waals surface area contributed by atoms with E-state index in [4.69, 9.17) is 10.5 Å². The Kier molecular flexibility index (Phi) is 5.22. The lowest BCUT2D eigenvalue weighted by molar-refractivity contribution is 0.00993. The van der Waals surface area contributed by atoms with Crippen molar-refractivity contribution in [2.24, 2.45) is 11.7 Å². The summed E-state index contributed by atoms with van der Waals surface area (Å²) in [6.07, 6.45) is 6.87. The fraction of sp³-hybridized carbons (Fsp3) is 0.733. The Hall–Kier alpha value is -0.380. The number of ether oxygens (including phenoxy) is 1. The number of rotatable bonds is 5. The number of hydrogen-bond acceptors (Lipinski definition) is 3. The largest absolute Gasteiger partial charge is 0.371 e. The summed E-state index contributed by atoms with van der Waals surface area (Å²) in [6, 6.07) is 2.21. The third-order valence-electron chi connectivity index (χ3n) is 3.87. The molecule has 0 spiro atoms. The van der Waals surface area contributed by atoms with Crippen molar-refractivity contribution in [3.8, 4) is 0 Å². The number of hydrogen-bond donors (Lipinski definition) is 1. The van der Waals surface area contributed by atoms with Gasteiger partial charge < -0.3 is 10.5 Å². The van der Waals surface area contributed by atoms with Crippen molar-refractivity contribution >= 4 is 11.3 Å².